The van der Waals surface area contributed by atoms with Gasteiger partial charge in [-0.2, -0.15) is 0 Å². The molecule has 0 saturated heterocycles. The number of aliphatic carboxylic acids is 1. The number of nitrogens with zero attached hydrogens (tertiary/aromatic N) is 2. The zero-order chi connectivity index (χ0) is 18.2. The number of carboxylic acid groups (broad SMARTS) is 1. The first-order valence-corrected chi connectivity index (χ1v) is 7.43. The molecule has 0 bridgehead atoms. The fraction of sp³-hybridized carbons (Fsp3) is 0.533. The summed E-state index contributed by atoms with van der Waals surface area (Å²) in [7, 11) is 0. The van der Waals surface area contributed by atoms with Gasteiger partial charge in [-0.15, -0.1) is 0 Å². The number of nitrogens with one attached hydrogen (secondary N) is 2. The second-order valence-corrected chi connectivity index (χ2v) is 6.01. The Labute approximate surface area is 139 Å². The predicted molar refractivity (Wildman–Crippen MR) is 81.8 cm³/mol. The lowest BCUT2D eigenvalue weighted by molar-refractivity contribution is -0.308. The van der Waals surface area contributed by atoms with Gasteiger partial charge in [-0.25, -0.2) is 9.78 Å². The predicted octanol–water partition coefficient (Wildman–Crippen LogP) is -0.370. The Morgan fingerprint density at radius 2 is 2.00 bits per heavy atom. The molecule has 0 spiro atoms. The molecule has 9 nitrogen and oxygen atoms in total. The van der Waals surface area contributed by atoms with Crippen LogP contribution >= 0.6 is 0 Å². The average Bonchev–Trinajstić information content (AvgIpc) is 2.48. The van der Waals surface area contributed by atoms with E-state index in [1.165, 1.54) is 18.6 Å². The van der Waals surface area contributed by atoms with Gasteiger partial charge >= 0.3 is 6.09 Å². The quantitative estimate of drug-likeness (QED) is 0.648. The number of hydrogen-bond donors (Lipinski definition) is 2. The molecule has 1 rings (SSSR count). The Morgan fingerprint density at radius 3 is 2.54 bits per heavy atom. The number of hydrogen-bond acceptors (Lipinski definition) is 7. The van der Waals surface area contributed by atoms with Crippen molar-refractivity contribution in [3.8, 4) is 0 Å². The van der Waals surface area contributed by atoms with Crippen LogP contribution in [-0.4, -0.2) is 46.1 Å². The summed E-state index contributed by atoms with van der Waals surface area (Å²) in [4.78, 5) is 42.0. The number of carboxylic acids is 1. The highest BCUT2D eigenvalue weighted by molar-refractivity contribution is 5.91. The van der Waals surface area contributed by atoms with E-state index in [1.54, 1.807) is 20.8 Å². The molecule has 0 unspecified atom stereocenters. The molecule has 0 radical (unpaired) electrons. The van der Waals surface area contributed by atoms with Crippen LogP contribution in [0.4, 0.5) is 4.79 Å². The third-order valence-corrected chi connectivity index (χ3v) is 2.73. The molecule has 1 atom stereocenters. The molecule has 9 heteroatoms. The number of ether oxygens (including phenoxy) is 1. The van der Waals surface area contributed by atoms with Crippen molar-refractivity contribution in [2.75, 3.05) is 6.54 Å². The van der Waals surface area contributed by atoms with E-state index >= 15 is 0 Å². The molecule has 132 valence electrons. The summed E-state index contributed by atoms with van der Waals surface area (Å²) in [5.74, 6) is -1.82. The van der Waals surface area contributed by atoms with Gasteiger partial charge in [0.2, 0.25) is 0 Å². The van der Waals surface area contributed by atoms with Gasteiger partial charge in [-0.1, -0.05) is 0 Å². The highest BCUT2D eigenvalue weighted by Gasteiger charge is 2.20. The van der Waals surface area contributed by atoms with Gasteiger partial charge in [0.15, 0.2) is 0 Å². The van der Waals surface area contributed by atoms with Crippen LogP contribution in [0.15, 0.2) is 18.6 Å². The monoisotopic (exact) mass is 337 g/mol. The molecular formula is C15H21N4O5-. The van der Waals surface area contributed by atoms with Crippen LogP contribution in [-0.2, 0) is 9.53 Å². The fourth-order valence-electron chi connectivity index (χ4n) is 1.71. The van der Waals surface area contributed by atoms with Gasteiger partial charge in [-0.3, -0.25) is 9.78 Å². The second-order valence-electron chi connectivity index (χ2n) is 6.01. The molecule has 1 heterocycles. The number of carbonyl (C=O) groups is 3. The number of rotatable bonds is 7. The van der Waals surface area contributed by atoms with Crippen molar-refractivity contribution in [2.45, 2.75) is 45.3 Å². The summed E-state index contributed by atoms with van der Waals surface area (Å²) >= 11 is 0. The highest BCUT2D eigenvalue weighted by Crippen LogP contribution is 2.07. The zero-order valence-corrected chi connectivity index (χ0v) is 13.9. The van der Waals surface area contributed by atoms with Crippen LogP contribution in [0.5, 0.6) is 0 Å². The number of aromatic nitrogens is 2. The van der Waals surface area contributed by atoms with Crippen LogP contribution < -0.4 is 15.7 Å². The summed E-state index contributed by atoms with van der Waals surface area (Å²) in [6, 6.07) is -1.20. The van der Waals surface area contributed by atoms with E-state index in [2.05, 4.69) is 20.6 Å². The normalized spacial score (nSPS) is 12.1. The molecular weight excluding hydrogens is 316 g/mol. The van der Waals surface area contributed by atoms with Crippen LogP contribution in [0.25, 0.3) is 0 Å². The van der Waals surface area contributed by atoms with Gasteiger partial charge < -0.3 is 25.3 Å². The first-order chi connectivity index (χ1) is 11.2. The molecule has 2 N–H and O–H groups in total. The average molecular weight is 337 g/mol. The third kappa shape index (κ3) is 7.52. The Morgan fingerprint density at radius 1 is 1.29 bits per heavy atom. The standard InChI is InChI=1S/C15H22N4O5/c1-15(2,3)24-14(23)19-10(13(21)22)5-4-6-18-12(20)11-9-16-7-8-17-11/h7-10H,4-6H2,1-3H3,(H,18,20)(H,19,23)(H,21,22)/p-1/t10-/m0/s1. The lowest BCUT2D eigenvalue weighted by Crippen LogP contribution is -2.49. The maximum Gasteiger partial charge on any atom is 0.408 e. The van der Waals surface area contributed by atoms with Crippen molar-refractivity contribution in [1.82, 2.24) is 20.6 Å². The molecule has 0 aliphatic heterocycles. The molecule has 1 aromatic rings. The zero-order valence-electron chi connectivity index (χ0n) is 13.9. The van der Waals surface area contributed by atoms with E-state index in [4.69, 9.17) is 4.74 Å². The molecule has 24 heavy (non-hydrogen) atoms. The van der Waals surface area contributed by atoms with Crippen molar-refractivity contribution < 1.29 is 24.2 Å². The number of amides is 2. The van der Waals surface area contributed by atoms with Crippen LogP contribution in [0.2, 0.25) is 0 Å². The van der Waals surface area contributed by atoms with Crippen LogP contribution in [0.1, 0.15) is 44.1 Å². The van der Waals surface area contributed by atoms with Gasteiger partial charge in [0.05, 0.1) is 18.2 Å². The Bertz CT molecular complexity index is 571. The highest BCUT2D eigenvalue weighted by atomic mass is 16.6. The van der Waals surface area contributed by atoms with Gasteiger partial charge in [0, 0.05) is 18.9 Å². The van der Waals surface area contributed by atoms with Gasteiger partial charge in [-0.05, 0) is 33.6 Å². The fourth-order valence-corrected chi connectivity index (χ4v) is 1.71. The molecule has 1 aromatic heterocycles. The topological polar surface area (TPSA) is 133 Å². The van der Waals surface area contributed by atoms with E-state index in [1.807, 2.05) is 0 Å². The summed E-state index contributed by atoms with van der Waals surface area (Å²) in [6.07, 6.45) is 3.74. The number of alkyl carbamates (subject to hydrolysis) is 1. The van der Waals surface area contributed by atoms with Crippen molar-refractivity contribution in [1.29, 1.82) is 0 Å². The van der Waals surface area contributed by atoms with Crippen molar-refractivity contribution in [3.05, 3.63) is 24.3 Å². The summed E-state index contributed by atoms with van der Waals surface area (Å²) in [6.45, 7) is 5.23. The van der Waals surface area contributed by atoms with Gasteiger partial charge in [0.1, 0.15) is 11.3 Å². The Kier molecular flexibility index (Phi) is 7.09. The lowest BCUT2D eigenvalue weighted by Gasteiger charge is -2.24. The van der Waals surface area contributed by atoms with Crippen molar-refractivity contribution >= 4 is 18.0 Å². The van der Waals surface area contributed by atoms with Gasteiger partial charge in [0.25, 0.3) is 5.91 Å². The number of carbonyl (C=O) groups excluding carboxylic acids is 3. The van der Waals surface area contributed by atoms with E-state index in [0.29, 0.717) is 6.42 Å². The maximum absolute atomic E-state index is 11.7. The van der Waals surface area contributed by atoms with Crippen LogP contribution in [0.3, 0.4) is 0 Å². The molecule has 0 fully saturated rings. The minimum atomic E-state index is -1.42. The minimum absolute atomic E-state index is 0.0856. The molecule has 0 saturated carbocycles. The maximum atomic E-state index is 11.7. The second kappa shape index (κ2) is 8.80. The van der Waals surface area contributed by atoms with Crippen molar-refractivity contribution in [3.63, 3.8) is 0 Å². The minimum Gasteiger partial charge on any atom is -0.548 e. The Hall–Kier alpha value is -2.71. The van der Waals surface area contributed by atoms with E-state index < -0.39 is 29.6 Å². The molecule has 0 aromatic carbocycles. The lowest BCUT2D eigenvalue weighted by atomic mass is 10.1. The molecule has 2 amide bonds. The SMILES string of the molecule is CC(C)(C)OC(=O)N[C@@H](CCCNC(=O)c1cnccn1)C(=O)[O-]. The molecule has 0 aliphatic rings. The summed E-state index contributed by atoms with van der Waals surface area (Å²) < 4.78 is 4.99. The van der Waals surface area contributed by atoms with Crippen LogP contribution in [0, 0.1) is 0 Å². The van der Waals surface area contributed by atoms with E-state index in [9.17, 15) is 19.5 Å². The summed E-state index contributed by atoms with van der Waals surface area (Å²) in [5, 5.41) is 15.9. The van der Waals surface area contributed by atoms with E-state index in [-0.39, 0.29) is 18.7 Å². The smallest absolute Gasteiger partial charge is 0.408 e. The Balaban J connectivity index is 2.38. The van der Waals surface area contributed by atoms with E-state index in [0.717, 1.165) is 0 Å². The first kappa shape index (κ1) is 19.3. The third-order valence-electron chi connectivity index (χ3n) is 2.73. The summed E-state index contributed by atoms with van der Waals surface area (Å²) in [5.41, 5.74) is -0.563. The molecule has 0 aliphatic carbocycles. The largest absolute Gasteiger partial charge is 0.548 e. The van der Waals surface area contributed by atoms with Crippen molar-refractivity contribution in [2.24, 2.45) is 0 Å². The first-order valence-electron chi connectivity index (χ1n) is 7.43.